The molecule has 2 N–H and O–H groups in total. The van der Waals surface area contributed by atoms with Crippen molar-refractivity contribution in [2.75, 3.05) is 13.1 Å². The van der Waals surface area contributed by atoms with Gasteiger partial charge in [-0.1, -0.05) is 24.3 Å². The van der Waals surface area contributed by atoms with Gasteiger partial charge in [-0.3, -0.25) is 4.79 Å². The minimum absolute atomic E-state index is 0. The molecule has 7 heteroatoms. The van der Waals surface area contributed by atoms with E-state index in [0.29, 0.717) is 5.56 Å². The Hall–Kier alpha value is -2.15. The summed E-state index contributed by atoms with van der Waals surface area (Å²) in [6.07, 6.45) is 3.76. The number of aromatic nitrogens is 2. The zero-order valence-electron chi connectivity index (χ0n) is 14.2. The Morgan fingerprint density at radius 2 is 1.92 bits per heavy atom. The number of carbonyl (C=O) groups excluding carboxylic acids is 1. The molecule has 0 spiro atoms. The minimum atomic E-state index is -0.0440. The predicted octanol–water partition coefficient (Wildman–Crippen LogP) is 3.50. The molecular weight excluding hydrogens is 368 g/mol. The molecule has 5 nitrogen and oxygen atoms in total. The number of para-hydroxylation sites is 1. The number of nitrogens with zero attached hydrogens (tertiary/aromatic N) is 2. The lowest BCUT2D eigenvalue weighted by molar-refractivity contribution is 0.0930. The van der Waals surface area contributed by atoms with E-state index in [9.17, 15) is 4.79 Å². The smallest absolute Gasteiger partial charge is 0.255 e. The average Bonchev–Trinajstić information content (AvgIpc) is 3.33. The molecule has 0 saturated carbocycles. The number of amides is 1. The second kappa shape index (κ2) is 8.49. The van der Waals surface area contributed by atoms with E-state index in [-0.39, 0.29) is 24.4 Å². The molecule has 1 aromatic carbocycles. The molecule has 3 aromatic rings. The number of hydrogen-bond acceptors (Lipinski definition) is 4. The van der Waals surface area contributed by atoms with Crippen molar-refractivity contribution < 1.29 is 4.79 Å². The maximum atomic E-state index is 12.9. The predicted molar refractivity (Wildman–Crippen MR) is 107 cm³/mol. The first-order chi connectivity index (χ1) is 12.3. The maximum Gasteiger partial charge on any atom is 0.255 e. The monoisotopic (exact) mass is 388 g/mol. The first kappa shape index (κ1) is 18.6. The van der Waals surface area contributed by atoms with Crippen molar-refractivity contribution in [3.05, 3.63) is 59.6 Å². The van der Waals surface area contributed by atoms with Gasteiger partial charge in [-0.05, 0) is 49.5 Å². The van der Waals surface area contributed by atoms with Crippen LogP contribution < -0.4 is 10.6 Å². The Morgan fingerprint density at radius 3 is 2.62 bits per heavy atom. The summed E-state index contributed by atoms with van der Waals surface area (Å²) in [5.74, 6) is -0.0440. The Balaban J connectivity index is 0.00000196. The molecule has 0 unspecified atom stereocenters. The van der Waals surface area contributed by atoms with E-state index < -0.39 is 0 Å². The number of thiophene rings is 1. The van der Waals surface area contributed by atoms with Crippen LogP contribution in [0.4, 0.5) is 0 Å². The van der Waals surface area contributed by atoms with Gasteiger partial charge in [-0.15, -0.1) is 23.7 Å². The molecular formula is C19H21ClN4OS. The van der Waals surface area contributed by atoms with Crippen LogP contribution in [-0.4, -0.2) is 34.8 Å². The molecule has 0 aliphatic carbocycles. The van der Waals surface area contributed by atoms with Crippen LogP contribution in [-0.2, 0) is 0 Å². The molecule has 4 rings (SSSR count). The van der Waals surface area contributed by atoms with Crippen LogP contribution in [0.2, 0.25) is 0 Å². The van der Waals surface area contributed by atoms with Gasteiger partial charge in [-0.25, -0.2) is 4.68 Å². The first-order valence-corrected chi connectivity index (χ1v) is 9.40. The van der Waals surface area contributed by atoms with Crippen LogP contribution in [0.1, 0.15) is 23.2 Å². The van der Waals surface area contributed by atoms with Crippen LogP contribution in [0.5, 0.6) is 0 Å². The van der Waals surface area contributed by atoms with Gasteiger partial charge in [0.2, 0.25) is 0 Å². The van der Waals surface area contributed by atoms with Crippen molar-refractivity contribution in [1.82, 2.24) is 20.4 Å². The van der Waals surface area contributed by atoms with Gasteiger partial charge in [0.05, 0.1) is 16.1 Å². The Labute approximate surface area is 162 Å². The highest BCUT2D eigenvalue weighted by Gasteiger charge is 2.22. The van der Waals surface area contributed by atoms with Crippen LogP contribution in [0, 0.1) is 0 Å². The van der Waals surface area contributed by atoms with Gasteiger partial charge >= 0.3 is 0 Å². The zero-order chi connectivity index (χ0) is 17.1. The topological polar surface area (TPSA) is 59.0 Å². The summed E-state index contributed by atoms with van der Waals surface area (Å²) in [6.45, 7) is 1.90. The Bertz CT molecular complexity index is 842. The molecule has 0 radical (unpaired) electrons. The lowest BCUT2D eigenvalue weighted by Gasteiger charge is -2.23. The highest BCUT2D eigenvalue weighted by Crippen LogP contribution is 2.28. The summed E-state index contributed by atoms with van der Waals surface area (Å²) in [5, 5.41) is 13.2. The average molecular weight is 389 g/mol. The van der Waals surface area contributed by atoms with Gasteiger partial charge in [0.25, 0.3) is 5.91 Å². The van der Waals surface area contributed by atoms with Gasteiger partial charge < -0.3 is 10.6 Å². The highest BCUT2D eigenvalue weighted by atomic mass is 35.5. The summed E-state index contributed by atoms with van der Waals surface area (Å²) in [4.78, 5) is 13.9. The fourth-order valence-corrected chi connectivity index (χ4v) is 3.80. The number of carbonyl (C=O) groups is 1. The maximum absolute atomic E-state index is 12.9. The van der Waals surface area contributed by atoms with E-state index in [0.717, 1.165) is 42.2 Å². The van der Waals surface area contributed by atoms with Gasteiger partial charge in [0, 0.05) is 12.2 Å². The zero-order valence-corrected chi connectivity index (χ0v) is 15.9. The first-order valence-electron chi connectivity index (χ1n) is 8.52. The lowest BCUT2D eigenvalue weighted by atomic mass is 10.1. The highest BCUT2D eigenvalue weighted by molar-refractivity contribution is 7.13. The quantitative estimate of drug-likeness (QED) is 0.719. The molecule has 2 aromatic heterocycles. The Kier molecular flexibility index (Phi) is 6.08. The van der Waals surface area contributed by atoms with Gasteiger partial charge in [0.1, 0.15) is 5.69 Å². The van der Waals surface area contributed by atoms with Crippen molar-refractivity contribution in [1.29, 1.82) is 0 Å². The van der Waals surface area contributed by atoms with E-state index in [1.807, 2.05) is 54.0 Å². The molecule has 1 aliphatic heterocycles. The summed E-state index contributed by atoms with van der Waals surface area (Å²) in [6, 6.07) is 14.1. The number of benzene rings is 1. The van der Waals surface area contributed by atoms with Crippen molar-refractivity contribution in [3.63, 3.8) is 0 Å². The number of rotatable bonds is 4. The van der Waals surface area contributed by atoms with Crippen LogP contribution in [0.15, 0.2) is 54.0 Å². The van der Waals surface area contributed by atoms with Gasteiger partial charge in [0.15, 0.2) is 0 Å². The van der Waals surface area contributed by atoms with Crippen LogP contribution in [0.3, 0.4) is 0 Å². The summed E-state index contributed by atoms with van der Waals surface area (Å²) < 4.78 is 1.78. The van der Waals surface area contributed by atoms with Gasteiger partial charge in [-0.2, -0.15) is 5.10 Å². The number of nitrogens with one attached hydrogen (secondary N) is 2. The molecule has 3 heterocycles. The molecule has 0 atom stereocenters. The number of halogens is 1. The largest absolute Gasteiger partial charge is 0.349 e. The fraction of sp³-hybridized carbons (Fsp3) is 0.263. The third-order valence-electron chi connectivity index (χ3n) is 4.41. The number of hydrogen-bond donors (Lipinski definition) is 2. The fourth-order valence-electron chi connectivity index (χ4n) is 3.08. The normalized spacial score (nSPS) is 14.6. The van der Waals surface area contributed by atoms with E-state index in [1.54, 1.807) is 16.0 Å². The molecule has 1 aliphatic rings. The SMILES string of the molecule is Cl.O=C(NC1CCNCC1)c1cn(-c2ccccc2)nc1-c1cccs1. The molecule has 26 heavy (non-hydrogen) atoms. The third-order valence-corrected chi connectivity index (χ3v) is 5.29. The van der Waals surface area contributed by atoms with E-state index >= 15 is 0 Å². The Morgan fingerprint density at radius 1 is 1.15 bits per heavy atom. The second-order valence-electron chi connectivity index (χ2n) is 6.15. The summed E-state index contributed by atoms with van der Waals surface area (Å²) in [7, 11) is 0. The molecule has 136 valence electrons. The van der Waals surface area contributed by atoms with Crippen molar-refractivity contribution in [3.8, 4) is 16.3 Å². The van der Waals surface area contributed by atoms with E-state index in [4.69, 9.17) is 5.10 Å². The second-order valence-corrected chi connectivity index (χ2v) is 7.09. The van der Waals surface area contributed by atoms with Crippen molar-refractivity contribution in [2.24, 2.45) is 0 Å². The van der Waals surface area contributed by atoms with E-state index in [1.165, 1.54) is 0 Å². The lowest BCUT2D eigenvalue weighted by Crippen LogP contribution is -2.42. The molecule has 1 amide bonds. The van der Waals surface area contributed by atoms with E-state index in [2.05, 4.69) is 10.6 Å². The summed E-state index contributed by atoms with van der Waals surface area (Å²) in [5.41, 5.74) is 2.32. The molecule has 0 bridgehead atoms. The van der Waals surface area contributed by atoms with Crippen molar-refractivity contribution in [2.45, 2.75) is 18.9 Å². The van der Waals surface area contributed by atoms with Crippen LogP contribution >= 0.6 is 23.7 Å². The standard InChI is InChI=1S/C19H20N4OS.ClH/c24-19(21-14-8-10-20-11-9-14)16-13-23(15-5-2-1-3-6-15)22-18(16)17-7-4-12-25-17;/h1-7,12-14,20H,8-11H2,(H,21,24);1H. The van der Waals surface area contributed by atoms with Crippen LogP contribution in [0.25, 0.3) is 16.3 Å². The van der Waals surface area contributed by atoms with Crippen molar-refractivity contribution >= 4 is 29.7 Å². The summed E-state index contributed by atoms with van der Waals surface area (Å²) >= 11 is 1.60. The number of piperidine rings is 1. The molecule has 1 fully saturated rings. The third kappa shape index (κ3) is 3.98. The molecule has 1 saturated heterocycles. The minimum Gasteiger partial charge on any atom is -0.349 e.